The van der Waals surface area contributed by atoms with Gasteiger partial charge in [0, 0.05) is 10.0 Å². The molecule has 0 radical (unpaired) electrons. The largest absolute Gasteiger partial charge is 0.481 e. The number of aliphatic carboxylic acids is 1. The first-order chi connectivity index (χ1) is 16.4. The van der Waals surface area contributed by atoms with Crippen LogP contribution in [-0.4, -0.2) is 48.6 Å². The second-order valence-electron chi connectivity index (χ2n) is 8.03. The van der Waals surface area contributed by atoms with Crippen molar-refractivity contribution in [3.8, 4) is 0 Å². The van der Waals surface area contributed by atoms with Gasteiger partial charge in [-0.3, -0.25) is 9.59 Å². The molecular weight excluding hydrogens is 481 g/mol. The predicted molar refractivity (Wildman–Crippen MR) is 124 cm³/mol. The van der Waals surface area contributed by atoms with E-state index in [1.54, 1.807) is 35.2 Å². The summed E-state index contributed by atoms with van der Waals surface area (Å²) in [6.45, 7) is 1.99. The van der Waals surface area contributed by atoms with Crippen molar-refractivity contribution in [1.82, 2.24) is 25.5 Å². The number of nitrogens with zero attached hydrogens (tertiary/aromatic N) is 4. The van der Waals surface area contributed by atoms with Crippen LogP contribution in [0.15, 0.2) is 48.5 Å². The van der Waals surface area contributed by atoms with Crippen LogP contribution in [0.4, 0.5) is 0 Å². The van der Waals surface area contributed by atoms with Gasteiger partial charge in [0.1, 0.15) is 12.2 Å². The lowest BCUT2D eigenvalue weighted by molar-refractivity contribution is -0.184. The first-order valence-corrected chi connectivity index (χ1v) is 11.6. The minimum absolute atomic E-state index is 0.412. The number of tetrazole rings is 1. The average Bonchev–Trinajstić information content (AvgIpc) is 3.34. The van der Waals surface area contributed by atoms with E-state index in [9.17, 15) is 14.7 Å². The van der Waals surface area contributed by atoms with Gasteiger partial charge in [-0.25, -0.2) is 5.10 Å². The summed E-state index contributed by atoms with van der Waals surface area (Å²) < 4.78 is 6.20. The van der Waals surface area contributed by atoms with Crippen LogP contribution in [0.1, 0.15) is 61.3 Å². The van der Waals surface area contributed by atoms with Crippen molar-refractivity contribution < 1.29 is 19.4 Å². The normalized spacial score (nSPS) is 21.4. The zero-order valence-electron chi connectivity index (χ0n) is 18.3. The van der Waals surface area contributed by atoms with E-state index in [2.05, 4.69) is 20.6 Å². The van der Waals surface area contributed by atoms with Crippen molar-refractivity contribution in [3.63, 3.8) is 0 Å². The second-order valence-corrected chi connectivity index (χ2v) is 8.90. The number of ether oxygens (including phenoxy) is 1. The lowest BCUT2D eigenvalue weighted by atomic mass is 9.89. The maximum atomic E-state index is 13.8. The van der Waals surface area contributed by atoms with Gasteiger partial charge in [0.05, 0.1) is 18.5 Å². The summed E-state index contributed by atoms with van der Waals surface area (Å²) in [5.41, 5.74) is 1.48. The molecule has 1 fully saturated rings. The number of carboxylic acids is 1. The molecule has 3 aromatic rings. The number of halogens is 2. The zero-order valence-corrected chi connectivity index (χ0v) is 19.8. The van der Waals surface area contributed by atoms with Crippen LogP contribution in [0.3, 0.4) is 0 Å². The number of carbonyl (C=O) groups excluding carboxylic acids is 1. The van der Waals surface area contributed by atoms with Crippen LogP contribution in [0.5, 0.6) is 0 Å². The van der Waals surface area contributed by atoms with Crippen LogP contribution < -0.4 is 0 Å². The van der Waals surface area contributed by atoms with Gasteiger partial charge >= 0.3 is 5.97 Å². The molecule has 0 unspecified atom stereocenters. The number of amides is 1. The number of rotatable bonds is 8. The van der Waals surface area contributed by atoms with Gasteiger partial charge in [-0.05, 0) is 52.2 Å². The number of carbonyl (C=O) groups is 2. The van der Waals surface area contributed by atoms with Crippen LogP contribution in [0.25, 0.3) is 0 Å². The molecule has 4 atom stereocenters. The minimum Gasteiger partial charge on any atom is -0.481 e. The van der Waals surface area contributed by atoms with Gasteiger partial charge < -0.3 is 14.7 Å². The Labute approximate surface area is 206 Å². The van der Waals surface area contributed by atoms with Crippen LogP contribution in [-0.2, 0) is 14.3 Å². The second kappa shape index (κ2) is 10.5. The minimum atomic E-state index is -1.19. The maximum Gasteiger partial charge on any atom is 0.306 e. The highest BCUT2D eigenvalue weighted by Gasteiger charge is 2.48. The number of hydrogen-bond acceptors (Lipinski definition) is 6. The number of benzene rings is 2. The summed E-state index contributed by atoms with van der Waals surface area (Å²) in [6.07, 6.45) is -1.09. The van der Waals surface area contributed by atoms with E-state index in [-0.39, 0.29) is 0 Å². The number of H-pyrrole nitrogens is 1. The topological polar surface area (TPSA) is 121 Å². The Balaban J connectivity index is 1.90. The van der Waals surface area contributed by atoms with E-state index in [1.165, 1.54) is 0 Å². The van der Waals surface area contributed by atoms with Crippen molar-refractivity contribution in [1.29, 1.82) is 0 Å². The van der Waals surface area contributed by atoms with Gasteiger partial charge in [0.25, 0.3) is 5.91 Å². The summed E-state index contributed by atoms with van der Waals surface area (Å²) in [5.74, 6) is -1.17. The highest BCUT2D eigenvalue weighted by molar-refractivity contribution is 6.30. The molecule has 0 aliphatic carbocycles. The fourth-order valence-corrected chi connectivity index (χ4v) is 4.65. The van der Waals surface area contributed by atoms with Crippen molar-refractivity contribution in [2.75, 3.05) is 0 Å². The van der Waals surface area contributed by atoms with Gasteiger partial charge in [0.2, 0.25) is 0 Å². The predicted octanol–water partition coefficient (Wildman–Crippen LogP) is 4.53. The number of nitrogens with one attached hydrogen (secondary N) is 1. The molecule has 178 valence electrons. The Morgan fingerprint density at radius 3 is 2.56 bits per heavy atom. The van der Waals surface area contributed by atoms with Gasteiger partial charge in [-0.1, -0.05) is 60.8 Å². The first kappa shape index (κ1) is 24.1. The van der Waals surface area contributed by atoms with E-state index in [0.717, 1.165) is 12.0 Å². The molecule has 9 nitrogen and oxygen atoms in total. The highest BCUT2D eigenvalue weighted by atomic mass is 35.5. The third-order valence-electron chi connectivity index (χ3n) is 5.75. The summed E-state index contributed by atoms with van der Waals surface area (Å²) >= 11 is 12.4. The lowest BCUT2D eigenvalue weighted by Crippen LogP contribution is -2.52. The number of aromatic amines is 1. The standard InChI is InChI=1S/C23H23Cl2N5O4/c1-2-4-17(22-26-28-29-27-22)30-20(13-7-9-15(24)10-8-13)21(14-5-3-6-16(25)11-14)34-18(23(30)33)12-19(31)32/h3,5-11,17-18,20-21H,2,4,12H2,1H3,(H,31,32)(H,26,27,28,29)/t17-,18+,20-,21+/m1/s1. The van der Waals surface area contributed by atoms with Crippen molar-refractivity contribution >= 4 is 35.1 Å². The third kappa shape index (κ3) is 5.06. The smallest absolute Gasteiger partial charge is 0.306 e. The van der Waals surface area contributed by atoms with E-state index in [1.807, 2.05) is 25.1 Å². The first-order valence-electron chi connectivity index (χ1n) is 10.8. The molecular formula is C23H23Cl2N5O4. The summed E-state index contributed by atoms with van der Waals surface area (Å²) in [4.78, 5) is 27.0. The van der Waals surface area contributed by atoms with E-state index < -0.39 is 42.6 Å². The quantitative estimate of drug-likeness (QED) is 0.462. The molecule has 1 saturated heterocycles. The summed E-state index contributed by atoms with van der Waals surface area (Å²) in [6, 6.07) is 13.1. The van der Waals surface area contributed by atoms with Crippen LogP contribution in [0.2, 0.25) is 10.0 Å². The fraction of sp³-hybridized carbons (Fsp3) is 0.348. The molecule has 2 aromatic carbocycles. The molecule has 0 spiro atoms. The molecule has 2 heterocycles. The number of aromatic nitrogens is 4. The average molecular weight is 504 g/mol. The molecule has 1 aliphatic heterocycles. The number of carboxylic acid groups (broad SMARTS) is 1. The van der Waals surface area contributed by atoms with E-state index in [4.69, 9.17) is 27.9 Å². The van der Waals surface area contributed by atoms with Gasteiger partial charge in [0.15, 0.2) is 5.82 Å². The Kier molecular flexibility index (Phi) is 7.45. The molecule has 11 heteroatoms. The monoisotopic (exact) mass is 503 g/mol. The molecule has 34 heavy (non-hydrogen) atoms. The summed E-state index contributed by atoms with van der Waals surface area (Å²) in [7, 11) is 0. The number of morpholine rings is 1. The molecule has 0 saturated carbocycles. The van der Waals surface area contributed by atoms with Crippen LogP contribution >= 0.6 is 23.2 Å². The van der Waals surface area contributed by atoms with E-state index >= 15 is 0 Å². The fourth-order valence-electron chi connectivity index (χ4n) is 4.33. The maximum absolute atomic E-state index is 13.8. The number of hydrogen-bond donors (Lipinski definition) is 2. The Hall–Kier alpha value is -3.01. The molecule has 1 amide bonds. The molecule has 0 bridgehead atoms. The van der Waals surface area contributed by atoms with Gasteiger partial charge in [-0.15, -0.1) is 5.10 Å². The van der Waals surface area contributed by atoms with Crippen molar-refractivity contribution in [2.24, 2.45) is 0 Å². The summed E-state index contributed by atoms with van der Waals surface area (Å²) in [5, 5.41) is 24.8. The Bertz CT molecular complexity index is 1140. The zero-order chi connectivity index (χ0) is 24.2. The Morgan fingerprint density at radius 1 is 1.18 bits per heavy atom. The Morgan fingerprint density at radius 2 is 1.94 bits per heavy atom. The molecule has 1 aromatic heterocycles. The van der Waals surface area contributed by atoms with Crippen molar-refractivity contribution in [2.45, 2.75) is 50.5 Å². The third-order valence-corrected chi connectivity index (χ3v) is 6.24. The SMILES string of the molecule is CCC[C@H](c1nnn[nH]1)N1C(=O)[C@H](CC(=O)O)O[C@@H](c2cccc(Cl)c2)[C@H]1c1ccc(Cl)cc1. The lowest BCUT2D eigenvalue weighted by Gasteiger charge is -2.47. The van der Waals surface area contributed by atoms with Gasteiger partial charge in [-0.2, -0.15) is 0 Å². The van der Waals surface area contributed by atoms with Crippen LogP contribution in [0, 0.1) is 0 Å². The molecule has 2 N–H and O–H groups in total. The molecule has 1 aliphatic rings. The van der Waals surface area contributed by atoms with Crippen molar-refractivity contribution in [3.05, 3.63) is 75.5 Å². The highest BCUT2D eigenvalue weighted by Crippen LogP contribution is 2.47. The van der Waals surface area contributed by atoms with E-state index in [0.29, 0.717) is 27.9 Å². The molecule has 4 rings (SSSR count).